The Morgan fingerprint density at radius 3 is 2.45 bits per heavy atom. The SMILES string of the molecule is CC(=O)n1c(O)c(C(=NC2CCCCC2)c2ccccc2)c2ccc(N=O)cc21. The lowest BCUT2D eigenvalue weighted by Gasteiger charge is -2.19. The summed E-state index contributed by atoms with van der Waals surface area (Å²) in [6, 6.07) is 14.7. The van der Waals surface area contributed by atoms with Gasteiger partial charge in [-0.25, -0.2) is 0 Å². The number of benzene rings is 2. The molecule has 1 heterocycles. The molecule has 1 aliphatic carbocycles. The van der Waals surface area contributed by atoms with Crippen LogP contribution < -0.4 is 0 Å². The minimum atomic E-state index is -0.341. The molecule has 0 radical (unpaired) electrons. The summed E-state index contributed by atoms with van der Waals surface area (Å²) in [6.07, 6.45) is 5.55. The third-order valence-electron chi connectivity index (χ3n) is 5.52. The van der Waals surface area contributed by atoms with Crippen molar-refractivity contribution in [3.05, 3.63) is 64.6 Å². The number of fused-ring (bicyclic) bond motifs is 1. The highest BCUT2D eigenvalue weighted by atomic mass is 16.3. The molecule has 0 bridgehead atoms. The van der Waals surface area contributed by atoms with Gasteiger partial charge in [0.25, 0.3) is 0 Å². The highest BCUT2D eigenvalue weighted by molar-refractivity contribution is 6.22. The van der Waals surface area contributed by atoms with Crippen LogP contribution in [-0.4, -0.2) is 27.3 Å². The molecule has 3 aromatic rings. The Kier molecular flexibility index (Phi) is 5.25. The predicted octanol–water partition coefficient (Wildman–Crippen LogP) is 5.58. The van der Waals surface area contributed by atoms with Crippen LogP contribution in [0, 0.1) is 4.91 Å². The molecule has 0 unspecified atom stereocenters. The minimum Gasteiger partial charge on any atom is -0.494 e. The van der Waals surface area contributed by atoms with Gasteiger partial charge in [0.05, 0.1) is 22.8 Å². The van der Waals surface area contributed by atoms with Crippen LogP contribution in [0.3, 0.4) is 0 Å². The third kappa shape index (κ3) is 3.58. The second-order valence-electron chi connectivity index (χ2n) is 7.48. The number of nitrogens with zero attached hydrogens (tertiary/aromatic N) is 3. The van der Waals surface area contributed by atoms with E-state index < -0.39 is 0 Å². The minimum absolute atomic E-state index is 0.158. The zero-order valence-electron chi connectivity index (χ0n) is 16.3. The molecule has 0 amide bonds. The second-order valence-corrected chi connectivity index (χ2v) is 7.48. The molecule has 1 aliphatic rings. The molecule has 29 heavy (non-hydrogen) atoms. The quantitative estimate of drug-likeness (QED) is 0.467. The molecule has 6 heteroatoms. The van der Waals surface area contributed by atoms with Gasteiger partial charge in [-0.3, -0.25) is 14.4 Å². The maximum absolute atomic E-state index is 12.3. The van der Waals surface area contributed by atoms with E-state index in [1.165, 1.54) is 24.0 Å². The predicted molar refractivity (Wildman–Crippen MR) is 114 cm³/mol. The van der Waals surface area contributed by atoms with Gasteiger partial charge in [0, 0.05) is 17.9 Å². The van der Waals surface area contributed by atoms with Crippen LogP contribution in [0.15, 0.2) is 58.7 Å². The van der Waals surface area contributed by atoms with Crippen molar-refractivity contribution in [2.45, 2.75) is 45.1 Å². The summed E-state index contributed by atoms with van der Waals surface area (Å²) in [5.41, 5.74) is 2.73. The first-order valence-electron chi connectivity index (χ1n) is 9.95. The Morgan fingerprint density at radius 1 is 1.07 bits per heavy atom. The fourth-order valence-corrected chi connectivity index (χ4v) is 4.14. The van der Waals surface area contributed by atoms with E-state index in [1.807, 2.05) is 30.3 Å². The van der Waals surface area contributed by atoms with E-state index in [9.17, 15) is 14.8 Å². The van der Waals surface area contributed by atoms with Crippen molar-refractivity contribution in [1.82, 2.24) is 4.57 Å². The van der Waals surface area contributed by atoms with E-state index >= 15 is 0 Å². The molecule has 0 atom stereocenters. The first-order valence-corrected chi connectivity index (χ1v) is 9.95. The standard InChI is InChI=1S/C23H23N3O3/c1-15(27)26-20-14-18(25-29)12-13-19(20)21(23(26)28)22(16-8-4-2-5-9-16)24-17-10-6-3-7-11-17/h2,4-5,8-9,12-14,17,28H,3,6-7,10-11H2,1H3. The summed E-state index contributed by atoms with van der Waals surface area (Å²) >= 11 is 0. The number of carbonyl (C=O) groups excluding carboxylic acids is 1. The maximum Gasteiger partial charge on any atom is 0.230 e. The van der Waals surface area contributed by atoms with Crippen molar-refractivity contribution in [3.63, 3.8) is 0 Å². The molecular weight excluding hydrogens is 366 g/mol. The third-order valence-corrected chi connectivity index (χ3v) is 5.52. The Bertz CT molecular complexity index is 1090. The molecule has 1 saturated carbocycles. The van der Waals surface area contributed by atoms with Crippen molar-refractivity contribution in [1.29, 1.82) is 0 Å². The molecule has 1 N–H and O–H groups in total. The van der Waals surface area contributed by atoms with Crippen LogP contribution >= 0.6 is 0 Å². The first-order chi connectivity index (χ1) is 14.1. The van der Waals surface area contributed by atoms with Gasteiger partial charge in [0.2, 0.25) is 11.8 Å². The Balaban J connectivity index is 1.99. The van der Waals surface area contributed by atoms with Gasteiger partial charge in [-0.15, -0.1) is 4.91 Å². The lowest BCUT2D eigenvalue weighted by molar-refractivity contribution is 0.0933. The Hall–Kier alpha value is -3.28. The summed E-state index contributed by atoms with van der Waals surface area (Å²) in [5, 5.41) is 14.7. The molecule has 148 valence electrons. The number of hydrogen-bond acceptors (Lipinski definition) is 5. The number of carbonyl (C=O) groups is 1. The normalized spacial score (nSPS) is 15.6. The lowest BCUT2D eigenvalue weighted by atomic mass is 9.94. The summed E-state index contributed by atoms with van der Waals surface area (Å²) in [7, 11) is 0. The lowest BCUT2D eigenvalue weighted by Crippen LogP contribution is -2.15. The molecule has 0 aliphatic heterocycles. The number of aliphatic imine (C=N–C) groups is 1. The van der Waals surface area contributed by atoms with E-state index in [0.29, 0.717) is 22.2 Å². The monoisotopic (exact) mass is 389 g/mol. The number of hydrogen-bond donors (Lipinski definition) is 1. The van der Waals surface area contributed by atoms with E-state index in [1.54, 1.807) is 12.1 Å². The second kappa shape index (κ2) is 7.99. The van der Waals surface area contributed by atoms with Crippen LogP contribution in [0.4, 0.5) is 5.69 Å². The average Bonchev–Trinajstić information content (AvgIpc) is 3.04. The smallest absolute Gasteiger partial charge is 0.230 e. The number of nitroso groups, excluding NO2 is 1. The average molecular weight is 389 g/mol. The topological polar surface area (TPSA) is 84.0 Å². The Labute approximate surface area is 168 Å². The van der Waals surface area contributed by atoms with Gasteiger partial charge in [-0.05, 0) is 36.2 Å². The molecule has 1 aromatic heterocycles. The number of aromatic nitrogens is 1. The Morgan fingerprint density at radius 2 is 1.79 bits per heavy atom. The van der Waals surface area contributed by atoms with Crippen LogP contribution in [-0.2, 0) is 0 Å². The van der Waals surface area contributed by atoms with Crippen LogP contribution in [0.1, 0.15) is 54.9 Å². The number of aromatic hydroxyl groups is 1. The van der Waals surface area contributed by atoms with Gasteiger partial charge in [0.15, 0.2) is 0 Å². The van der Waals surface area contributed by atoms with Gasteiger partial charge in [-0.2, -0.15) is 0 Å². The van der Waals surface area contributed by atoms with Crippen molar-refractivity contribution in [3.8, 4) is 5.88 Å². The van der Waals surface area contributed by atoms with Gasteiger partial charge in [-0.1, -0.05) is 49.6 Å². The van der Waals surface area contributed by atoms with E-state index in [0.717, 1.165) is 31.2 Å². The van der Waals surface area contributed by atoms with Crippen LogP contribution in [0.25, 0.3) is 10.9 Å². The van der Waals surface area contributed by atoms with Crippen LogP contribution in [0.5, 0.6) is 5.88 Å². The van der Waals surface area contributed by atoms with Gasteiger partial charge >= 0.3 is 0 Å². The zero-order chi connectivity index (χ0) is 20.4. The van der Waals surface area contributed by atoms with Crippen molar-refractivity contribution >= 4 is 28.2 Å². The summed E-state index contributed by atoms with van der Waals surface area (Å²) < 4.78 is 1.22. The van der Waals surface area contributed by atoms with E-state index in [-0.39, 0.29) is 23.5 Å². The number of rotatable bonds is 4. The molecule has 6 nitrogen and oxygen atoms in total. The highest BCUT2D eigenvalue weighted by Crippen LogP contribution is 2.36. The zero-order valence-corrected chi connectivity index (χ0v) is 16.3. The first kappa shape index (κ1) is 19.1. The van der Waals surface area contributed by atoms with Gasteiger partial charge < -0.3 is 5.11 Å². The summed E-state index contributed by atoms with van der Waals surface area (Å²) in [6.45, 7) is 1.38. The fourth-order valence-electron chi connectivity index (χ4n) is 4.14. The maximum atomic E-state index is 12.3. The van der Waals surface area contributed by atoms with Crippen molar-refractivity contribution in [2.24, 2.45) is 10.2 Å². The largest absolute Gasteiger partial charge is 0.494 e. The fraction of sp³-hybridized carbons (Fsp3) is 0.304. The molecule has 2 aromatic carbocycles. The summed E-state index contributed by atoms with van der Waals surface area (Å²) in [4.78, 5) is 28.4. The molecule has 0 saturated heterocycles. The van der Waals surface area contributed by atoms with Crippen LogP contribution in [0.2, 0.25) is 0 Å². The molecule has 4 rings (SSSR count). The molecular formula is C23H23N3O3. The summed E-state index contributed by atoms with van der Waals surface area (Å²) in [5.74, 6) is -0.499. The van der Waals surface area contributed by atoms with E-state index in [4.69, 9.17) is 4.99 Å². The molecule has 0 spiro atoms. The van der Waals surface area contributed by atoms with Gasteiger partial charge in [0.1, 0.15) is 5.69 Å². The van der Waals surface area contributed by atoms with Crippen molar-refractivity contribution < 1.29 is 9.90 Å². The van der Waals surface area contributed by atoms with Crippen molar-refractivity contribution in [2.75, 3.05) is 0 Å². The highest BCUT2D eigenvalue weighted by Gasteiger charge is 2.25. The molecule has 1 fully saturated rings. The van der Waals surface area contributed by atoms with E-state index in [2.05, 4.69) is 5.18 Å².